The van der Waals surface area contributed by atoms with Crippen molar-refractivity contribution >= 4 is 17.3 Å². The summed E-state index contributed by atoms with van der Waals surface area (Å²) in [5, 5.41) is 14.8. The van der Waals surface area contributed by atoms with Gasteiger partial charge in [-0.25, -0.2) is 0 Å². The summed E-state index contributed by atoms with van der Waals surface area (Å²) in [7, 11) is 0. The number of nitro groups is 1. The molecule has 0 spiro atoms. The Hall–Kier alpha value is -2.93. The molecule has 0 N–H and O–H groups in total. The monoisotopic (exact) mass is 359 g/mol. The number of nitro benzene ring substituents is 1. The highest BCUT2D eigenvalue weighted by Gasteiger charge is 2.11. The van der Waals surface area contributed by atoms with Gasteiger partial charge >= 0.3 is 0 Å². The zero-order chi connectivity index (χ0) is 17.6. The summed E-state index contributed by atoms with van der Waals surface area (Å²) >= 11 is 5.97. The second kappa shape index (κ2) is 7.76. The van der Waals surface area contributed by atoms with Gasteiger partial charge < -0.3 is 9.26 Å². The number of hydrogen-bond acceptors (Lipinski definition) is 6. The second-order valence-electron chi connectivity index (χ2n) is 5.20. The molecule has 128 valence electrons. The molecule has 0 unspecified atom stereocenters. The van der Waals surface area contributed by atoms with Crippen molar-refractivity contribution < 1.29 is 14.2 Å². The van der Waals surface area contributed by atoms with E-state index in [1.54, 1.807) is 0 Å². The Labute approximate surface area is 148 Å². The maximum Gasteiger partial charge on any atom is 0.271 e. The van der Waals surface area contributed by atoms with Crippen LogP contribution in [0, 0.1) is 10.1 Å². The van der Waals surface area contributed by atoms with E-state index in [2.05, 4.69) is 10.1 Å². The van der Waals surface area contributed by atoms with Crippen LogP contribution in [0.4, 0.5) is 5.69 Å². The molecule has 1 heterocycles. The highest BCUT2D eigenvalue weighted by molar-refractivity contribution is 6.32. The number of rotatable bonds is 7. The van der Waals surface area contributed by atoms with Crippen LogP contribution >= 0.6 is 11.6 Å². The fourth-order valence-corrected chi connectivity index (χ4v) is 2.42. The Morgan fingerprint density at radius 1 is 1.20 bits per heavy atom. The highest BCUT2D eigenvalue weighted by Crippen LogP contribution is 2.28. The van der Waals surface area contributed by atoms with Crippen molar-refractivity contribution in [2.24, 2.45) is 0 Å². The van der Waals surface area contributed by atoms with Gasteiger partial charge in [-0.15, -0.1) is 0 Å². The fraction of sp³-hybridized carbons (Fsp3) is 0.176. The van der Waals surface area contributed by atoms with Crippen LogP contribution in [0.2, 0.25) is 5.02 Å². The lowest BCUT2D eigenvalue weighted by Gasteiger charge is -2.06. The number of aryl methyl sites for hydroxylation is 1. The minimum atomic E-state index is -0.504. The van der Waals surface area contributed by atoms with Crippen LogP contribution in [-0.2, 0) is 6.42 Å². The quantitative estimate of drug-likeness (QED) is 0.354. The highest BCUT2D eigenvalue weighted by atomic mass is 35.5. The number of nitrogens with zero attached hydrogens (tertiary/aromatic N) is 3. The summed E-state index contributed by atoms with van der Waals surface area (Å²) in [6.45, 7) is 0.376. The maximum absolute atomic E-state index is 10.7. The largest absolute Gasteiger partial charge is 0.492 e. The molecule has 25 heavy (non-hydrogen) atoms. The third kappa shape index (κ3) is 4.33. The van der Waals surface area contributed by atoms with E-state index in [-0.39, 0.29) is 10.7 Å². The third-order valence-corrected chi connectivity index (χ3v) is 3.71. The molecule has 3 rings (SSSR count). The maximum atomic E-state index is 10.7. The number of halogens is 1. The first-order valence-corrected chi connectivity index (χ1v) is 7.96. The van der Waals surface area contributed by atoms with Crippen LogP contribution in [0.25, 0.3) is 11.4 Å². The van der Waals surface area contributed by atoms with Gasteiger partial charge in [-0.3, -0.25) is 10.1 Å². The van der Waals surface area contributed by atoms with E-state index in [9.17, 15) is 10.1 Å². The summed E-state index contributed by atoms with van der Waals surface area (Å²) in [6.07, 6.45) is 1.20. The molecule has 0 aliphatic heterocycles. The van der Waals surface area contributed by atoms with E-state index >= 15 is 0 Å². The molecule has 0 amide bonds. The zero-order valence-electron chi connectivity index (χ0n) is 13.1. The Balaban J connectivity index is 1.51. The molecule has 0 atom stereocenters. The summed E-state index contributed by atoms with van der Waals surface area (Å²) in [5.74, 6) is 1.48. The number of aromatic nitrogens is 2. The zero-order valence-corrected chi connectivity index (χ0v) is 13.8. The van der Waals surface area contributed by atoms with Crippen molar-refractivity contribution in [2.45, 2.75) is 12.8 Å². The molecule has 3 aromatic rings. The lowest BCUT2D eigenvalue weighted by atomic mass is 10.2. The molecule has 8 heteroatoms. The summed E-state index contributed by atoms with van der Waals surface area (Å²) in [4.78, 5) is 14.5. The van der Waals surface area contributed by atoms with Crippen LogP contribution in [0.5, 0.6) is 5.75 Å². The topological polar surface area (TPSA) is 91.3 Å². The fourth-order valence-electron chi connectivity index (χ4n) is 2.19. The molecule has 0 saturated heterocycles. The third-order valence-electron chi connectivity index (χ3n) is 3.42. The number of ether oxygens (including phenoxy) is 1. The Kier molecular flexibility index (Phi) is 5.25. The SMILES string of the molecule is O=[N+]([O-])c1ccc(OCCCc2nc(-c3ccccc3)no2)c(Cl)c1. The van der Waals surface area contributed by atoms with Gasteiger partial charge in [0.15, 0.2) is 0 Å². The summed E-state index contributed by atoms with van der Waals surface area (Å²) in [6, 6.07) is 13.7. The van der Waals surface area contributed by atoms with Gasteiger partial charge in [-0.1, -0.05) is 47.1 Å². The number of non-ortho nitro benzene ring substituents is 1. The van der Waals surface area contributed by atoms with Crippen LogP contribution in [-0.4, -0.2) is 21.7 Å². The van der Waals surface area contributed by atoms with Gasteiger partial charge in [0.1, 0.15) is 5.75 Å². The van der Waals surface area contributed by atoms with Crippen molar-refractivity contribution in [3.8, 4) is 17.1 Å². The smallest absolute Gasteiger partial charge is 0.271 e. The summed E-state index contributed by atoms with van der Waals surface area (Å²) < 4.78 is 10.8. The summed E-state index contributed by atoms with van der Waals surface area (Å²) in [5.41, 5.74) is 0.822. The lowest BCUT2D eigenvalue weighted by Crippen LogP contribution is -2.00. The van der Waals surface area contributed by atoms with Crippen molar-refractivity contribution in [3.05, 3.63) is 69.6 Å². The molecular weight excluding hydrogens is 346 g/mol. The standard InChI is InChI=1S/C17H14ClN3O4/c18-14-11-13(21(22)23)8-9-15(14)24-10-4-7-16-19-17(20-25-16)12-5-2-1-3-6-12/h1-3,5-6,8-9,11H,4,7,10H2. The van der Waals surface area contributed by atoms with Crippen LogP contribution in [0.1, 0.15) is 12.3 Å². The first-order valence-electron chi connectivity index (χ1n) is 7.58. The van der Waals surface area contributed by atoms with Gasteiger partial charge in [0.25, 0.3) is 5.69 Å². The van der Waals surface area contributed by atoms with Gasteiger partial charge in [0, 0.05) is 24.1 Å². The molecule has 0 bridgehead atoms. The molecule has 0 fully saturated rings. The second-order valence-corrected chi connectivity index (χ2v) is 5.61. The number of hydrogen-bond donors (Lipinski definition) is 0. The molecule has 0 radical (unpaired) electrons. The molecule has 7 nitrogen and oxygen atoms in total. The van der Waals surface area contributed by atoms with E-state index < -0.39 is 4.92 Å². The van der Waals surface area contributed by atoms with Gasteiger partial charge in [0.2, 0.25) is 11.7 Å². The first-order chi connectivity index (χ1) is 12.1. The van der Waals surface area contributed by atoms with Crippen molar-refractivity contribution in [1.82, 2.24) is 10.1 Å². The van der Waals surface area contributed by atoms with Crippen LogP contribution in [0.15, 0.2) is 53.1 Å². The van der Waals surface area contributed by atoms with Gasteiger partial charge in [0.05, 0.1) is 16.6 Å². The lowest BCUT2D eigenvalue weighted by molar-refractivity contribution is -0.384. The average Bonchev–Trinajstić information content (AvgIpc) is 3.09. The molecule has 0 aliphatic rings. The van der Waals surface area contributed by atoms with E-state index in [4.69, 9.17) is 20.9 Å². The Bertz CT molecular complexity index is 867. The van der Waals surface area contributed by atoms with Gasteiger partial charge in [-0.05, 0) is 12.5 Å². The minimum absolute atomic E-state index is 0.0725. The minimum Gasteiger partial charge on any atom is -0.492 e. The Morgan fingerprint density at radius 2 is 2.00 bits per heavy atom. The first kappa shape index (κ1) is 16.9. The van der Waals surface area contributed by atoms with Crippen LogP contribution in [0.3, 0.4) is 0 Å². The predicted octanol–water partition coefficient (Wildman–Crippen LogP) is 4.31. The van der Waals surface area contributed by atoms with Crippen molar-refractivity contribution in [3.63, 3.8) is 0 Å². The van der Waals surface area contributed by atoms with Crippen molar-refractivity contribution in [1.29, 1.82) is 0 Å². The molecular formula is C17H14ClN3O4. The van der Waals surface area contributed by atoms with Crippen LogP contribution < -0.4 is 4.74 Å². The Morgan fingerprint density at radius 3 is 2.72 bits per heavy atom. The molecule has 1 aromatic heterocycles. The van der Waals surface area contributed by atoms with E-state index in [0.717, 1.165) is 5.56 Å². The number of benzene rings is 2. The van der Waals surface area contributed by atoms with E-state index in [1.807, 2.05) is 30.3 Å². The van der Waals surface area contributed by atoms with Gasteiger partial charge in [-0.2, -0.15) is 4.98 Å². The molecule has 0 saturated carbocycles. The van der Waals surface area contributed by atoms with Crippen molar-refractivity contribution in [2.75, 3.05) is 6.61 Å². The normalized spacial score (nSPS) is 10.6. The van der Waals surface area contributed by atoms with E-state index in [0.29, 0.717) is 36.9 Å². The molecule has 0 aliphatic carbocycles. The molecule has 2 aromatic carbocycles. The average molecular weight is 360 g/mol. The van der Waals surface area contributed by atoms with E-state index in [1.165, 1.54) is 18.2 Å². The predicted molar refractivity (Wildman–Crippen MR) is 91.7 cm³/mol.